The number of carbonyl (C=O) groups is 3. The fourth-order valence-corrected chi connectivity index (χ4v) is 2.63. The summed E-state index contributed by atoms with van der Waals surface area (Å²) in [5, 5.41) is 15.4. The molecule has 1 aliphatic heterocycles. The number of aromatic nitrogens is 2. The summed E-state index contributed by atoms with van der Waals surface area (Å²) in [6, 6.07) is 6.35. The van der Waals surface area contributed by atoms with E-state index >= 15 is 0 Å². The first-order valence-corrected chi connectivity index (χ1v) is 8.11. The topological polar surface area (TPSA) is 125 Å². The Labute approximate surface area is 161 Å². The first-order valence-electron chi connectivity index (χ1n) is 8.11. The molecule has 0 unspecified atom stereocenters. The molecule has 1 aromatic heterocycles. The number of anilines is 1. The van der Waals surface area contributed by atoms with Gasteiger partial charge in [0.25, 0.3) is 11.8 Å². The van der Waals surface area contributed by atoms with E-state index in [2.05, 4.69) is 30.9 Å². The van der Waals surface area contributed by atoms with E-state index < -0.39 is 11.9 Å². The zero-order valence-corrected chi connectivity index (χ0v) is 15.4. The molecule has 2 heterocycles. The predicted octanol–water partition coefficient (Wildman–Crippen LogP) is 0.632. The normalized spacial score (nSPS) is 12.3. The average Bonchev–Trinajstić information content (AvgIpc) is 3.10. The molecule has 0 aliphatic carbocycles. The molecule has 0 radical (unpaired) electrons. The van der Waals surface area contributed by atoms with E-state index in [0.29, 0.717) is 23.5 Å². The van der Waals surface area contributed by atoms with Crippen molar-refractivity contribution >= 4 is 35.9 Å². The molecule has 4 N–H and O–H groups in total. The Balaban J connectivity index is 0.00000261. The summed E-state index contributed by atoms with van der Waals surface area (Å²) in [5.41, 5.74) is 3.14. The Kier molecular flexibility index (Phi) is 6.91. The number of nitrogens with one attached hydrogen (secondary N) is 4. The van der Waals surface area contributed by atoms with Gasteiger partial charge in [-0.1, -0.05) is 0 Å². The summed E-state index contributed by atoms with van der Waals surface area (Å²) in [5.74, 6) is -1.24. The van der Waals surface area contributed by atoms with Crippen LogP contribution in [0.3, 0.4) is 0 Å². The van der Waals surface area contributed by atoms with Gasteiger partial charge in [0.05, 0.1) is 7.11 Å². The van der Waals surface area contributed by atoms with Crippen molar-refractivity contribution < 1.29 is 19.1 Å². The van der Waals surface area contributed by atoms with Crippen LogP contribution in [0.15, 0.2) is 24.3 Å². The molecule has 2 aromatic rings. The Hall–Kier alpha value is -2.91. The lowest BCUT2D eigenvalue weighted by Gasteiger charge is -2.13. The quantitative estimate of drug-likeness (QED) is 0.552. The molecule has 0 atom stereocenters. The van der Waals surface area contributed by atoms with Crippen LogP contribution in [0.1, 0.15) is 32.1 Å². The Morgan fingerprint density at radius 1 is 1.19 bits per heavy atom. The zero-order valence-electron chi connectivity index (χ0n) is 14.6. The van der Waals surface area contributed by atoms with Crippen molar-refractivity contribution in [2.45, 2.75) is 13.0 Å². The third-order valence-corrected chi connectivity index (χ3v) is 4.05. The first kappa shape index (κ1) is 20.4. The van der Waals surface area contributed by atoms with Gasteiger partial charge in [0.15, 0.2) is 5.69 Å². The second-order valence-electron chi connectivity index (χ2n) is 5.75. The molecule has 0 fully saturated rings. The van der Waals surface area contributed by atoms with Crippen LogP contribution in [-0.4, -0.2) is 48.2 Å². The number of H-pyrrole nitrogens is 1. The van der Waals surface area contributed by atoms with Gasteiger partial charge in [-0.05, 0) is 24.3 Å². The highest BCUT2D eigenvalue weighted by Crippen LogP contribution is 2.17. The van der Waals surface area contributed by atoms with E-state index in [4.69, 9.17) is 0 Å². The van der Waals surface area contributed by atoms with Gasteiger partial charge in [-0.2, -0.15) is 5.10 Å². The number of carbonyl (C=O) groups excluding carboxylic acids is 3. The molecule has 0 bridgehead atoms. The maximum Gasteiger partial charge on any atom is 0.325 e. The number of halogens is 1. The molecule has 27 heavy (non-hydrogen) atoms. The highest BCUT2D eigenvalue weighted by molar-refractivity contribution is 6.04. The fourth-order valence-electron chi connectivity index (χ4n) is 2.63. The van der Waals surface area contributed by atoms with Crippen molar-refractivity contribution in [1.29, 1.82) is 0 Å². The molecule has 9 nitrogen and oxygen atoms in total. The number of methoxy groups -OCH3 is 1. The molecule has 1 aliphatic rings. The van der Waals surface area contributed by atoms with Gasteiger partial charge in [0.2, 0.25) is 0 Å². The molecule has 0 saturated carbocycles. The van der Waals surface area contributed by atoms with Gasteiger partial charge in [-0.3, -0.25) is 19.5 Å². The molecule has 2 amide bonds. The van der Waals surface area contributed by atoms with E-state index in [0.717, 1.165) is 24.2 Å². The fraction of sp³-hybridized carbons (Fsp3) is 0.294. The standard InChI is InChI=1S/C17H19N5O4.ClH/c1-26-14(23)9-19-16(24)10-2-4-11(5-3-10)20-17(25)15-12-8-18-7-6-13(12)21-22-15;/h2-5,18H,6-9H2,1H3,(H,19,24)(H,20,25)(H,21,22);1H. The van der Waals surface area contributed by atoms with Crippen molar-refractivity contribution in [1.82, 2.24) is 20.8 Å². The Bertz CT molecular complexity index is 834. The number of fused-ring (bicyclic) bond motifs is 1. The average molecular weight is 394 g/mol. The monoisotopic (exact) mass is 393 g/mol. The van der Waals surface area contributed by atoms with E-state index in [1.165, 1.54) is 7.11 Å². The van der Waals surface area contributed by atoms with Crippen LogP contribution in [0.2, 0.25) is 0 Å². The van der Waals surface area contributed by atoms with Gasteiger partial charge in [0.1, 0.15) is 6.54 Å². The maximum absolute atomic E-state index is 12.4. The van der Waals surface area contributed by atoms with E-state index in [1.54, 1.807) is 24.3 Å². The number of hydrogen-bond acceptors (Lipinski definition) is 6. The molecular formula is C17H20ClN5O4. The maximum atomic E-state index is 12.4. The van der Waals surface area contributed by atoms with Crippen molar-refractivity contribution in [2.24, 2.45) is 0 Å². The lowest BCUT2D eigenvalue weighted by Crippen LogP contribution is -2.30. The number of aromatic amines is 1. The molecule has 0 spiro atoms. The van der Waals surface area contributed by atoms with Gasteiger partial charge < -0.3 is 20.7 Å². The second kappa shape index (κ2) is 9.15. The SMILES string of the molecule is COC(=O)CNC(=O)c1ccc(NC(=O)c2n[nH]c3c2CNCC3)cc1.Cl. The highest BCUT2D eigenvalue weighted by atomic mass is 35.5. The zero-order chi connectivity index (χ0) is 18.5. The number of nitrogens with zero attached hydrogens (tertiary/aromatic N) is 1. The molecular weight excluding hydrogens is 374 g/mol. The van der Waals surface area contributed by atoms with Crippen molar-refractivity contribution in [3.63, 3.8) is 0 Å². The van der Waals surface area contributed by atoms with Gasteiger partial charge in [-0.15, -0.1) is 12.4 Å². The minimum Gasteiger partial charge on any atom is -0.468 e. The van der Waals surface area contributed by atoms with Crippen LogP contribution in [0.5, 0.6) is 0 Å². The van der Waals surface area contributed by atoms with Crippen LogP contribution in [0.4, 0.5) is 5.69 Å². The third kappa shape index (κ3) is 4.83. The van der Waals surface area contributed by atoms with Crippen LogP contribution in [-0.2, 0) is 22.5 Å². The number of esters is 1. The lowest BCUT2D eigenvalue weighted by atomic mass is 10.1. The molecule has 144 valence electrons. The van der Waals surface area contributed by atoms with Gasteiger partial charge in [-0.25, -0.2) is 0 Å². The summed E-state index contributed by atoms with van der Waals surface area (Å²) >= 11 is 0. The third-order valence-electron chi connectivity index (χ3n) is 4.05. The summed E-state index contributed by atoms with van der Waals surface area (Å²) in [6.45, 7) is 1.26. The van der Waals surface area contributed by atoms with Crippen LogP contribution < -0.4 is 16.0 Å². The second-order valence-corrected chi connectivity index (χ2v) is 5.75. The van der Waals surface area contributed by atoms with Gasteiger partial charge in [0, 0.05) is 42.0 Å². The number of rotatable bonds is 5. The summed E-state index contributed by atoms with van der Waals surface area (Å²) in [7, 11) is 1.25. The summed E-state index contributed by atoms with van der Waals surface area (Å²) in [6.07, 6.45) is 0.811. The van der Waals surface area contributed by atoms with E-state index in [-0.39, 0.29) is 24.9 Å². The highest BCUT2D eigenvalue weighted by Gasteiger charge is 2.21. The summed E-state index contributed by atoms with van der Waals surface area (Å²) in [4.78, 5) is 35.4. The van der Waals surface area contributed by atoms with E-state index in [9.17, 15) is 14.4 Å². The largest absolute Gasteiger partial charge is 0.468 e. The smallest absolute Gasteiger partial charge is 0.325 e. The molecule has 0 saturated heterocycles. The number of ether oxygens (including phenoxy) is 1. The predicted molar refractivity (Wildman–Crippen MR) is 100.0 cm³/mol. The molecule has 10 heteroatoms. The van der Waals surface area contributed by atoms with E-state index in [1.807, 2.05) is 0 Å². The molecule has 1 aromatic carbocycles. The number of amides is 2. The van der Waals surface area contributed by atoms with Crippen LogP contribution >= 0.6 is 12.4 Å². The minimum absolute atomic E-state index is 0. The van der Waals surface area contributed by atoms with Gasteiger partial charge >= 0.3 is 5.97 Å². The van der Waals surface area contributed by atoms with Crippen molar-refractivity contribution in [3.8, 4) is 0 Å². The Morgan fingerprint density at radius 2 is 1.93 bits per heavy atom. The lowest BCUT2D eigenvalue weighted by molar-refractivity contribution is -0.139. The van der Waals surface area contributed by atoms with Crippen LogP contribution in [0.25, 0.3) is 0 Å². The first-order chi connectivity index (χ1) is 12.6. The molecule has 3 rings (SSSR count). The van der Waals surface area contributed by atoms with Crippen molar-refractivity contribution in [3.05, 3.63) is 46.8 Å². The number of hydrogen-bond donors (Lipinski definition) is 4. The van der Waals surface area contributed by atoms with Crippen molar-refractivity contribution in [2.75, 3.05) is 25.5 Å². The number of benzene rings is 1. The minimum atomic E-state index is -0.529. The Morgan fingerprint density at radius 3 is 2.63 bits per heavy atom. The summed E-state index contributed by atoms with van der Waals surface area (Å²) < 4.78 is 4.46. The van der Waals surface area contributed by atoms with Crippen LogP contribution in [0, 0.1) is 0 Å².